The molecule has 0 saturated carbocycles. The van der Waals surface area contributed by atoms with E-state index in [1.807, 2.05) is 0 Å². The van der Waals surface area contributed by atoms with Gasteiger partial charge in [0.15, 0.2) is 5.75 Å². The molecule has 0 saturated heterocycles. The van der Waals surface area contributed by atoms with Crippen LogP contribution in [0.15, 0.2) is 41.1 Å². The molecule has 0 aliphatic rings. The maximum Gasteiger partial charge on any atom is 0.259 e. The van der Waals surface area contributed by atoms with E-state index in [-0.39, 0.29) is 5.91 Å². The topological polar surface area (TPSA) is 77.2 Å². The summed E-state index contributed by atoms with van der Waals surface area (Å²) in [6, 6.07) is 8.50. The standard InChI is InChI=1S/C13H12BrN3O2/c1-19-11-8(4-2-5-9(11)15)13(18)17-10-6-3-7-16-12(10)14/h2-7H,15H2,1H3,(H,17,18). The van der Waals surface area contributed by atoms with Gasteiger partial charge in [-0.2, -0.15) is 0 Å². The van der Waals surface area contributed by atoms with Crippen molar-refractivity contribution in [3.63, 3.8) is 0 Å². The highest BCUT2D eigenvalue weighted by Crippen LogP contribution is 2.27. The fourth-order valence-electron chi connectivity index (χ4n) is 1.63. The third-order valence-electron chi connectivity index (χ3n) is 2.50. The zero-order chi connectivity index (χ0) is 13.8. The maximum absolute atomic E-state index is 12.2. The zero-order valence-electron chi connectivity index (χ0n) is 10.2. The first-order valence-electron chi connectivity index (χ1n) is 5.48. The van der Waals surface area contributed by atoms with Crippen LogP contribution in [-0.4, -0.2) is 18.0 Å². The summed E-state index contributed by atoms with van der Waals surface area (Å²) in [6.07, 6.45) is 1.63. The summed E-state index contributed by atoms with van der Waals surface area (Å²) < 4.78 is 5.71. The molecule has 0 aliphatic heterocycles. The minimum absolute atomic E-state index is 0.308. The van der Waals surface area contributed by atoms with E-state index in [2.05, 4.69) is 26.2 Å². The maximum atomic E-state index is 12.2. The number of nitrogen functional groups attached to an aromatic ring is 1. The van der Waals surface area contributed by atoms with E-state index in [1.54, 1.807) is 36.5 Å². The minimum atomic E-state index is -0.308. The number of nitrogens with two attached hydrogens (primary N) is 1. The molecule has 1 aromatic carbocycles. The summed E-state index contributed by atoms with van der Waals surface area (Å²) in [5.74, 6) is 0.0536. The van der Waals surface area contributed by atoms with Gasteiger partial charge in [-0.1, -0.05) is 6.07 Å². The van der Waals surface area contributed by atoms with Crippen LogP contribution in [-0.2, 0) is 0 Å². The molecule has 6 heteroatoms. The number of ether oxygens (including phenoxy) is 1. The van der Waals surface area contributed by atoms with E-state index in [9.17, 15) is 4.79 Å². The number of anilines is 2. The molecule has 0 fully saturated rings. The summed E-state index contributed by atoms with van der Waals surface area (Å²) in [5, 5.41) is 2.74. The molecule has 0 radical (unpaired) electrons. The highest BCUT2D eigenvalue weighted by atomic mass is 79.9. The second-order valence-electron chi connectivity index (χ2n) is 3.72. The minimum Gasteiger partial charge on any atom is -0.494 e. The normalized spacial score (nSPS) is 10.0. The number of nitrogens with zero attached hydrogens (tertiary/aromatic N) is 1. The van der Waals surface area contributed by atoms with Gasteiger partial charge in [0.05, 0.1) is 24.0 Å². The lowest BCUT2D eigenvalue weighted by molar-refractivity contribution is 0.102. The Morgan fingerprint density at radius 3 is 2.84 bits per heavy atom. The van der Waals surface area contributed by atoms with Gasteiger partial charge in [-0.3, -0.25) is 4.79 Å². The summed E-state index contributed by atoms with van der Waals surface area (Å²) >= 11 is 3.27. The van der Waals surface area contributed by atoms with Crippen molar-refractivity contribution in [3.05, 3.63) is 46.7 Å². The Labute approximate surface area is 118 Å². The molecule has 1 aromatic heterocycles. The number of hydrogen-bond acceptors (Lipinski definition) is 4. The van der Waals surface area contributed by atoms with Gasteiger partial charge in [0, 0.05) is 6.20 Å². The Kier molecular flexibility index (Phi) is 4.01. The van der Waals surface area contributed by atoms with Crippen LogP contribution in [0, 0.1) is 0 Å². The molecule has 19 heavy (non-hydrogen) atoms. The van der Waals surface area contributed by atoms with Gasteiger partial charge < -0.3 is 15.8 Å². The molecule has 0 spiro atoms. The first-order chi connectivity index (χ1) is 9.13. The number of halogens is 1. The molecule has 0 unspecified atom stereocenters. The van der Waals surface area contributed by atoms with E-state index in [4.69, 9.17) is 10.5 Å². The Balaban J connectivity index is 2.31. The van der Waals surface area contributed by atoms with Crippen LogP contribution in [0.3, 0.4) is 0 Å². The van der Waals surface area contributed by atoms with Crippen LogP contribution in [0.25, 0.3) is 0 Å². The van der Waals surface area contributed by atoms with Crippen LogP contribution in [0.1, 0.15) is 10.4 Å². The first kappa shape index (κ1) is 13.4. The molecule has 0 aliphatic carbocycles. The first-order valence-corrected chi connectivity index (χ1v) is 6.27. The van der Waals surface area contributed by atoms with Crippen LogP contribution < -0.4 is 15.8 Å². The van der Waals surface area contributed by atoms with E-state index in [0.717, 1.165) is 0 Å². The van der Waals surface area contributed by atoms with Crippen molar-refractivity contribution < 1.29 is 9.53 Å². The van der Waals surface area contributed by atoms with Gasteiger partial charge in [0.1, 0.15) is 4.60 Å². The summed E-state index contributed by atoms with van der Waals surface area (Å²) in [5.41, 5.74) is 7.14. The van der Waals surface area contributed by atoms with Crippen molar-refractivity contribution in [2.75, 3.05) is 18.2 Å². The fourth-order valence-corrected chi connectivity index (χ4v) is 1.98. The molecule has 1 heterocycles. The number of benzene rings is 1. The molecule has 5 nitrogen and oxygen atoms in total. The Morgan fingerprint density at radius 2 is 2.16 bits per heavy atom. The van der Waals surface area contributed by atoms with Gasteiger partial charge in [0.25, 0.3) is 5.91 Å². The van der Waals surface area contributed by atoms with Gasteiger partial charge in [-0.05, 0) is 40.2 Å². The Hall–Kier alpha value is -2.08. The number of methoxy groups -OCH3 is 1. The molecule has 98 valence electrons. The highest BCUT2D eigenvalue weighted by Gasteiger charge is 2.15. The SMILES string of the molecule is COc1c(N)cccc1C(=O)Nc1cccnc1Br. The van der Waals surface area contributed by atoms with Crippen molar-refractivity contribution >= 4 is 33.2 Å². The van der Waals surface area contributed by atoms with Crippen LogP contribution >= 0.6 is 15.9 Å². The average Bonchev–Trinajstić information content (AvgIpc) is 2.41. The molecule has 0 bridgehead atoms. The molecular weight excluding hydrogens is 310 g/mol. The number of carbonyl (C=O) groups excluding carboxylic acids is 1. The van der Waals surface area contributed by atoms with Gasteiger partial charge in [-0.25, -0.2) is 4.98 Å². The molecular formula is C13H12BrN3O2. The summed E-state index contributed by atoms with van der Waals surface area (Å²) in [6.45, 7) is 0. The number of amides is 1. The second-order valence-corrected chi connectivity index (χ2v) is 4.48. The lowest BCUT2D eigenvalue weighted by Crippen LogP contribution is -2.14. The third kappa shape index (κ3) is 2.85. The number of para-hydroxylation sites is 1. The smallest absolute Gasteiger partial charge is 0.259 e. The molecule has 0 atom stereocenters. The van der Waals surface area contributed by atoms with Crippen molar-refractivity contribution in [3.8, 4) is 5.75 Å². The van der Waals surface area contributed by atoms with Gasteiger partial charge in [-0.15, -0.1) is 0 Å². The van der Waals surface area contributed by atoms with Crippen molar-refractivity contribution in [2.45, 2.75) is 0 Å². The van der Waals surface area contributed by atoms with Crippen molar-refractivity contribution in [1.82, 2.24) is 4.98 Å². The zero-order valence-corrected chi connectivity index (χ0v) is 11.8. The van der Waals surface area contributed by atoms with Gasteiger partial charge in [0.2, 0.25) is 0 Å². The second kappa shape index (κ2) is 5.71. The molecule has 2 rings (SSSR count). The van der Waals surface area contributed by atoms with E-state index < -0.39 is 0 Å². The van der Waals surface area contributed by atoms with Crippen molar-refractivity contribution in [1.29, 1.82) is 0 Å². The lowest BCUT2D eigenvalue weighted by Gasteiger charge is -2.11. The monoisotopic (exact) mass is 321 g/mol. The lowest BCUT2D eigenvalue weighted by atomic mass is 10.1. The predicted octanol–water partition coefficient (Wildman–Crippen LogP) is 2.69. The number of hydrogen-bond donors (Lipinski definition) is 2. The number of carbonyl (C=O) groups is 1. The van der Waals surface area contributed by atoms with E-state index in [0.29, 0.717) is 27.3 Å². The molecule has 3 N–H and O–H groups in total. The van der Waals surface area contributed by atoms with Crippen LogP contribution in [0.5, 0.6) is 5.75 Å². The van der Waals surface area contributed by atoms with Gasteiger partial charge >= 0.3 is 0 Å². The number of pyridine rings is 1. The summed E-state index contributed by atoms with van der Waals surface area (Å²) in [7, 11) is 1.47. The average molecular weight is 322 g/mol. The Bertz CT molecular complexity index is 617. The number of aromatic nitrogens is 1. The number of nitrogens with one attached hydrogen (secondary N) is 1. The van der Waals surface area contributed by atoms with E-state index in [1.165, 1.54) is 7.11 Å². The van der Waals surface area contributed by atoms with Crippen molar-refractivity contribution in [2.24, 2.45) is 0 Å². The van der Waals surface area contributed by atoms with Crippen LogP contribution in [0.4, 0.5) is 11.4 Å². The largest absolute Gasteiger partial charge is 0.494 e. The predicted molar refractivity (Wildman–Crippen MR) is 77.3 cm³/mol. The molecule has 1 amide bonds. The number of rotatable bonds is 3. The summed E-state index contributed by atoms with van der Waals surface area (Å²) in [4.78, 5) is 16.2. The fraction of sp³-hybridized carbons (Fsp3) is 0.0769. The molecule has 2 aromatic rings. The van der Waals surface area contributed by atoms with Crippen LogP contribution in [0.2, 0.25) is 0 Å². The highest BCUT2D eigenvalue weighted by molar-refractivity contribution is 9.10. The Morgan fingerprint density at radius 1 is 1.37 bits per heavy atom. The quantitative estimate of drug-likeness (QED) is 0.673. The van der Waals surface area contributed by atoms with E-state index >= 15 is 0 Å². The third-order valence-corrected chi connectivity index (χ3v) is 3.13.